The highest BCUT2D eigenvalue weighted by Gasteiger charge is 2.08. The molecule has 21 heavy (non-hydrogen) atoms. The maximum atomic E-state index is 13.2. The molecule has 3 aromatic rings. The second-order valence-electron chi connectivity index (χ2n) is 4.83. The number of carbonyl (C=O) groups excluding carboxylic acids is 1. The number of aromatic nitrogens is 1. The fraction of sp³-hybridized carbons (Fsp3) is 0.0588. The minimum Gasteiger partial charge on any atom is -0.321 e. The molecule has 104 valence electrons. The molecule has 0 saturated carbocycles. The third kappa shape index (κ3) is 2.74. The molecule has 0 spiro atoms. The molecule has 0 aliphatic heterocycles. The van der Waals surface area contributed by atoms with Crippen LogP contribution in [0.25, 0.3) is 10.9 Å². The number of anilines is 1. The van der Waals surface area contributed by atoms with Crippen molar-refractivity contribution < 1.29 is 9.18 Å². The summed E-state index contributed by atoms with van der Waals surface area (Å²) in [7, 11) is 0. The molecule has 0 atom stereocenters. The first-order chi connectivity index (χ1) is 10.1. The summed E-state index contributed by atoms with van der Waals surface area (Å²) in [4.78, 5) is 16.4. The minimum absolute atomic E-state index is 0.282. The summed E-state index contributed by atoms with van der Waals surface area (Å²) in [6.07, 6.45) is 1.61. The summed E-state index contributed by atoms with van der Waals surface area (Å²) in [5.74, 6) is -0.603. The Morgan fingerprint density at radius 3 is 2.76 bits per heavy atom. The smallest absolute Gasteiger partial charge is 0.255 e. The average molecular weight is 280 g/mol. The maximum Gasteiger partial charge on any atom is 0.255 e. The first-order valence-corrected chi connectivity index (χ1v) is 6.56. The number of hydrogen-bond acceptors (Lipinski definition) is 2. The molecule has 0 aliphatic carbocycles. The standard InChI is InChI=1S/C17H13FN2O/c1-11-8-13(6-7-15(11)18)17(21)20-14-9-12-4-2-3-5-16(12)19-10-14/h2-10H,1H3,(H,20,21). The van der Waals surface area contributed by atoms with Crippen LogP contribution in [0.1, 0.15) is 15.9 Å². The lowest BCUT2D eigenvalue weighted by atomic mass is 10.1. The number of amides is 1. The summed E-state index contributed by atoms with van der Waals surface area (Å²) in [5.41, 5.74) is 2.34. The lowest BCUT2D eigenvalue weighted by molar-refractivity contribution is 0.102. The van der Waals surface area contributed by atoms with E-state index in [-0.39, 0.29) is 11.7 Å². The number of fused-ring (bicyclic) bond motifs is 1. The van der Waals surface area contributed by atoms with Crippen LogP contribution in [-0.4, -0.2) is 10.9 Å². The molecule has 0 bridgehead atoms. The Labute approximate surface area is 121 Å². The Morgan fingerprint density at radius 2 is 1.95 bits per heavy atom. The predicted molar refractivity (Wildman–Crippen MR) is 80.8 cm³/mol. The Kier molecular flexibility index (Phi) is 3.36. The van der Waals surface area contributed by atoms with E-state index < -0.39 is 0 Å². The SMILES string of the molecule is Cc1cc(C(=O)Nc2cnc3ccccc3c2)ccc1F. The van der Waals surface area contributed by atoms with Gasteiger partial charge in [-0.05, 0) is 42.8 Å². The molecular weight excluding hydrogens is 267 g/mol. The maximum absolute atomic E-state index is 13.2. The highest BCUT2D eigenvalue weighted by molar-refractivity contribution is 6.05. The van der Waals surface area contributed by atoms with Gasteiger partial charge < -0.3 is 5.32 Å². The first-order valence-electron chi connectivity index (χ1n) is 6.56. The van der Waals surface area contributed by atoms with Gasteiger partial charge in [-0.2, -0.15) is 0 Å². The Balaban J connectivity index is 1.87. The molecule has 1 N–H and O–H groups in total. The number of carbonyl (C=O) groups is 1. The van der Waals surface area contributed by atoms with Crippen molar-refractivity contribution in [1.29, 1.82) is 0 Å². The molecule has 1 aromatic heterocycles. The van der Waals surface area contributed by atoms with Crippen LogP contribution in [0.2, 0.25) is 0 Å². The van der Waals surface area contributed by atoms with Gasteiger partial charge in [-0.1, -0.05) is 18.2 Å². The molecule has 2 aromatic carbocycles. The Morgan fingerprint density at radius 1 is 1.14 bits per heavy atom. The van der Waals surface area contributed by atoms with Crippen LogP contribution in [0.5, 0.6) is 0 Å². The highest BCUT2D eigenvalue weighted by Crippen LogP contribution is 2.17. The van der Waals surface area contributed by atoms with Crippen LogP contribution in [-0.2, 0) is 0 Å². The van der Waals surface area contributed by atoms with Gasteiger partial charge in [-0.3, -0.25) is 9.78 Å². The van der Waals surface area contributed by atoms with Crippen molar-refractivity contribution in [2.24, 2.45) is 0 Å². The van der Waals surface area contributed by atoms with Crippen LogP contribution in [0.4, 0.5) is 10.1 Å². The van der Waals surface area contributed by atoms with Gasteiger partial charge in [0.25, 0.3) is 5.91 Å². The molecular formula is C17H13FN2O. The zero-order valence-electron chi connectivity index (χ0n) is 11.4. The van der Waals surface area contributed by atoms with Crippen LogP contribution >= 0.6 is 0 Å². The molecule has 1 heterocycles. The van der Waals surface area contributed by atoms with Gasteiger partial charge in [0.05, 0.1) is 17.4 Å². The van der Waals surface area contributed by atoms with E-state index in [0.29, 0.717) is 16.8 Å². The molecule has 0 fully saturated rings. The van der Waals surface area contributed by atoms with Crippen molar-refractivity contribution in [3.05, 3.63) is 71.7 Å². The highest BCUT2D eigenvalue weighted by atomic mass is 19.1. The van der Waals surface area contributed by atoms with E-state index in [1.165, 1.54) is 18.2 Å². The summed E-state index contributed by atoms with van der Waals surface area (Å²) in [6.45, 7) is 1.63. The number of hydrogen-bond donors (Lipinski definition) is 1. The van der Waals surface area contributed by atoms with Gasteiger partial charge >= 0.3 is 0 Å². The van der Waals surface area contributed by atoms with E-state index in [1.807, 2.05) is 30.3 Å². The molecule has 3 rings (SSSR count). The predicted octanol–water partition coefficient (Wildman–Crippen LogP) is 3.93. The minimum atomic E-state index is -0.320. The molecule has 4 heteroatoms. The van der Waals surface area contributed by atoms with Crippen LogP contribution in [0.15, 0.2) is 54.7 Å². The number of pyridine rings is 1. The van der Waals surface area contributed by atoms with E-state index in [2.05, 4.69) is 10.3 Å². The first kappa shape index (κ1) is 13.2. The van der Waals surface area contributed by atoms with Crippen molar-refractivity contribution in [2.75, 3.05) is 5.32 Å². The summed E-state index contributed by atoms with van der Waals surface area (Å²) in [5, 5.41) is 3.72. The Bertz CT molecular complexity index is 830. The van der Waals surface area contributed by atoms with Crippen molar-refractivity contribution in [1.82, 2.24) is 4.98 Å². The second-order valence-corrected chi connectivity index (χ2v) is 4.83. The van der Waals surface area contributed by atoms with Crippen molar-refractivity contribution in [2.45, 2.75) is 6.92 Å². The van der Waals surface area contributed by atoms with E-state index in [4.69, 9.17) is 0 Å². The summed E-state index contributed by atoms with van der Waals surface area (Å²) >= 11 is 0. The van der Waals surface area contributed by atoms with Crippen molar-refractivity contribution >= 4 is 22.5 Å². The van der Waals surface area contributed by atoms with E-state index in [9.17, 15) is 9.18 Å². The van der Waals surface area contributed by atoms with Gasteiger partial charge in [0.2, 0.25) is 0 Å². The molecule has 0 unspecified atom stereocenters. The fourth-order valence-corrected chi connectivity index (χ4v) is 2.13. The van der Waals surface area contributed by atoms with Crippen LogP contribution in [0.3, 0.4) is 0 Å². The number of halogens is 1. The molecule has 0 radical (unpaired) electrons. The number of nitrogens with one attached hydrogen (secondary N) is 1. The molecule has 0 saturated heterocycles. The van der Waals surface area contributed by atoms with E-state index >= 15 is 0 Å². The number of benzene rings is 2. The monoisotopic (exact) mass is 280 g/mol. The molecule has 0 aliphatic rings. The largest absolute Gasteiger partial charge is 0.321 e. The lowest BCUT2D eigenvalue weighted by Gasteiger charge is -2.07. The zero-order valence-corrected chi connectivity index (χ0v) is 11.4. The van der Waals surface area contributed by atoms with Gasteiger partial charge in [0, 0.05) is 10.9 Å². The van der Waals surface area contributed by atoms with Gasteiger partial charge in [-0.25, -0.2) is 4.39 Å². The summed E-state index contributed by atoms with van der Waals surface area (Å²) < 4.78 is 13.2. The van der Waals surface area contributed by atoms with Crippen LogP contribution in [0, 0.1) is 12.7 Å². The van der Waals surface area contributed by atoms with Gasteiger partial charge in [0.15, 0.2) is 0 Å². The quantitative estimate of drug-likeness (QED) is 0.772. The molecule has 1 amide bonds. The van der Waals surface area contributed by atoms with Crippen LogP contribution < -0.4 is 5.32 Å². The van der Waals surface area contributed by atoms with Gasteiger partial charge in [0.1, 0.15) is 5.82 Å². The average Bonchev–Trinajstić information content (AvgIpc) is 2.50. The lowest BCUT2D eigenvalue weighted by Crippen LogP contribution is -2.12. The normalized spacial score (nSPS) is 10.6. The van der Waals surface area contributed by atoms with E-state index in [0.717, 1.165) is 10.9 Å². The third-order valence-corrected chi connectivity index (χ3v) is 3.27. The number of rotatable bonds is 2. The Hall–Kier alpha value is -2.75. The molecule has 3 nitrogen and oxygen atoms in total. The number of para-hydroxylation sites is 1. The summed E-state index contributed by atoms with van der Waals surface area (Å²) in [6, 6.07) is 13.8. The van der Waals surface area contributed by atoms with E-state index in [1.54, 1.807) is 13.1 Å². The third-order valence-electron chi connectivity index (χ3n) is 3.27. The number of aryl methyl sites for hydroxylation is 1. The second kappa shape index (κ2) is 5.32. The van der Waals surface area contributed by atoms with Crippen molar-refractivity contribution in [3.63, 3.8) is 0 Å². The fourth-order valence-electron chi connectivity index (χ4n) is 2.13. The number of nitrogens with zero attached hydrogens (tertiary/aromatic N) is 1. The van der Waals surface area contributed by atoms with Crippen molar-refractivity contribution in [3.8, 4) is 0 Å². The van der Waals surface area contributed by atoms with Gasteiger partial charge in [-0.15, -0.1) is 0 Å². The zero-order chi connectivity index (χ0) is 14.8. The topological polar surface area (TPSA) is 42.0 Å².